The Labute approximate surface area is 169 Å². The highest BCUT2D eigenvalue weighted by Gasteiger charge is 2.11. The quantitative estimate of drug-likeness (QED) is 0.446. The van der Waals surface area contributed by atoms with Gasteiger partial charge in [0.25, 0.3) is 0 Å². The lowest BCUT2D eigenvalue weighted by Crippen LogP contribution is -2.18. The van der Waals surface area contributed by atoms with Crippen LogP contribution in [-0.2, 0) is 6.54 Å². The predicted molar refractivity (Wildman–Crippen MR) is 118 cm³/mol. The molecular formula is C21H29Cl2N3. The average Bonchev–Trinajstić information content (AvgIpc) is 2.57. The summed E-state index contributed by atoms with van der Waals surface area (Å²) in [6.07, 6.45) is 1.82. The van der Waals surface area contributed by atoms with Gasteiger partial charge >= 0.3 is 0 Å². The van der Waals surface area contributed by atoms with E-state index < -0.39 is 0 Å². The van der Waals surface area contributed by atoms with Crippen molar-refractivity contribution in [2.75, 3.05) is 25.5 Å². The zero-order valence-electron chi connectivity index (χ0n) is 16.5. The third-order valence-electron chi connectivity index (χ3n) is 4.47. The number of hydrogen-bond acceptors (Lipinski definition) is 2. The van der Waals surface area contributed by atoms with Gasteiger partial charge in [-0.25, -0.2) is 4.99 Å². The lowest BCUT2D eigenvalue weighted by atomic mass is 10.0. The average molecular weight is 394 g/mol. The summed E-state index contributed by atoms with van der Waals surface area (Å²) in [6, 6.07) is 10.7. The molecule has 0 atom stereocenters. The van der Waals surface area contributed by atoms with Crippen LogP contribution in [0.3, 0.4) is 0 Å². The van der Waals surface area contributed by atoms with Crippen molar-refractivity contribution < 1.29 is 0 Å². The molecule has 3 nitrogen and oxygen atoms in total. The van der Waals surface area contributed by atoms with E-state index in [1.807, 2.05) is 24.4 Å². The molecule has 0 saturated carbocycles. The standard InChI is InChI=1S/C21H28ClN3.ClH/c1-7-24(5)14-23-20-11-17(4)21(12-19(20)22)25(6)13-18-9-8-15(2)10-16(18)3;/h8-12,14H,7,13H2,1-6H3;1H. The number of nitrogens with zero attached hydrogens (tertiary/aromatic N) is 3. The minimum absolute atomic E-state index is 0. The van der Waals surface area contributed by atoms with E-state index in [9.17, 15) is 0 Å². The fraction of sp³-hybridized carbons (Fsp3) is 0.381. The maximum absolute atomic E-state index is 6.47. The Hall–Kier alpha value is -1.71. The van der Waals surface area contributed by atoms with Crippen molar-refractivity contribution in [3.63, 3.8) is 0 Å². The zero-order chi connectivity index (χ0) is 18.6. The monoisotopic (exact) mass is 393 g/mol. The molecule has 0 heterocycles. The highest BCUT2D eigenvalue weighted by atomic mass is 35.5. The first-order valence-electron chi connectivity index (χ1n) is 8.63. The van der Waals surface area contributed by atoms with E-state index in [4.69, 9.17) is 11.6 Å². The molecule has 0 N–H and O–H groups in total. The molecule has 26 heavy (non-hydrogen) atoms. The second-order valence-electron chi connectivity index (χ2n) is 6.69. The first kappa shape index (κ1) is 22.3. The largest absolute Gasteiger partial charge is 0.370 e. The topological polar surface area (TPSA) is 18.8 Å². The number of hydrogen-bond donors (Lipinski definition) is 0. The Kier molecular flexibility index (Phi) is 8.45. The van der Waals surface area contributed by atoms with Gasteiger partial charge in [-0.15, -0.1) is 12.4 Å². The summed E-state index contributed by atoms with van der Waals surface area (Å²) in [5, 5.41) is 0.675. The number of halogens is 2. The van der Waals surface area contributed by atoms with E-state index in [0.717, 1.165) is 24.5 Å². The first-order valence-corrected chi connectivity index (χ1v) is 9.01. The molecule has 0 spiro atoms. The molecule has 2 rings (SSSR count). The van der Waals surface area contributed by atoms with Gasteiger partial charge < -0.3 is 9.80 Å². The van der Waals surface area contributed by atoms with Gasteiger partial charge in [0.1, 0.15) is 0 Å². The summed E-state index contributed by atoms with van der Waals surface area (Å²) in [6.45, 7) is 10.2. The number of benzene rings is 2. The molecular weight excluding hydrogens is 365 g/mol. The van der Waals surface area contributed by atoms with Gasteiger partial charge in [0.2, 0.25) is 0 Å². The lowest BCUT2D eigenvalue weighted by molar-refractivity contribution is 0.552. The molecule has 0 radical (unpaired) electrons. The second kappa shape index (κ2) is 9.84. The van der Waals surface area contributed by atoms with E-state index in [1.54, 1.807) is 0 Å². The van der Waals surface area contributed by atoms with Crippen LogP contribution < -0.4 is 4.90 Å². The molecule has 5 heteroatoms. The van der Waals surface area contributed by atoms with Crippen LogP contribution >= 0.6 is 24.0 Å². The van der Waals surface area contributed by atoms with Crippen molar-refractivity contribution in [3.8, 4) is 0 Å². The van der Waals surface area contributed by atoms with Crippen LogP contribution in [0.4, 0.5) is 11.4 Å². The van der Waals surface area contributed by atoms with Crippen molar-refractivity contribution >= 4 is 41.7 Å². The number of anilines is 1. The highest BCUT2D eigenvalue weighted by molar-refractivity contribution is 6.33. The van der Waals surface area contributed by atoms with Crippen molar-refractivity contribution in [2.45, 2.75) is 34.2 Å². The number of aryl methyl sites for hydroxylation is 3. The minimum atomic E-state index is 0. The Morgan fingerprint density at radius 3 is 2.35 bits per heavy atom. The Morgan fingerprint density at radius 2 is 1.73 bits per heavy atom. The summed E-state index contributed by atoms with van der Waals surface area (Å²) in [5.41, 5.74) is 7.05. The molecule has 0 bridgehead atoms. The molecule has 0 aliphatic heterocycles. The highest BCUT2D eigenvalue weighted by Crippen LogP contribution is 2.33. The Morgan fingerprint density at radius 1 is 1.04 bits per heavy atom. The summed E-state index contributed by atoms with van der Waals surface area (Å²) in [7, 11) is 4.10. The van der Waals surface area contributed by atoms with Crippen LogP contribution in [0.1, 0.15) is 29.2 Å². The number of rotatable bonds is 6. The molecule has 2 aromatic rings. The van der Waals surface area contributed by atoms with Gasteiger partial charge in [-0.05, 0) is 56.5 Å². The SMILES string of the molecule is CCN(C)C=Nc1cc(C)c(N(C)Cc2ccc(C)cc2C)cc1Cl.Cl. The van der Waals surface area contributed by atoms with Crippen LogP contribution in [0, 0.1) is 20.8 Å². The van der Waals surface area contributed by atoms with Crippen LogP contribution in [0.5, 0.6) is 0 Å². The molecule has 0 aromatic heterocycles. The van der Waals surface area contributed by atoms with Crippen molar-refractivity contribution in [1.82, 2.24) is 4.90 Å². The fourth-order valence-electron chi connectivity index (χ4n) is 2.77. The van der Waals surface area contributed by atoms with E-state index in [-0.39, 0.29) is 12.4 Å². The lowest BCUT2D eigenvalue weighted by Gasteiger charge is -2.23. The van der Waals surface area contributed by atoms with Crippen LogP contribution in [0.2, 0.25) is 5.02 Å². The zero-order valence-corrected chi connectivity index (χ0v) is 18.1. The van der Waals surface area contributed by atoms with Gasteiger partial charge in [0.05, 0.1) is 17.0 Å². The molecule has 142 valence electrons. The van der Waals surface area contributed by atoms with Gasteiger partial charge in [-0.2, -0.15) is 0 Å². The van der Waals surface area contributed by atoms with Gasteiger partial charge in [-0.3, -0.25) is 0 Å². The smallest absolute Gasteiger partial charge is 0.0910 e. The molecule has 0 saturated heterocycles. The second-order valence-corrected chi connectivity index (χ2v) is 7.10. The molecule has 0 aliphatic rings. The summed E-state index contributed by atoms with van der Waals surface area (Å²) in [5.74, 6) is 0. The molecule has 0 amide bonds. The van der Waals surface area contributed by atoms with Gasteiger partial charge in [-0.1, -0.05) is 35.4 Å². The molecule has 2 aromatic carbocycles. The normalized spacial score (nSPS) is 10.7. The van der Waals surface area contributed by atoms with Crippen LogP contribution in [0.15, 0.2) is 35.3 Å². The maximum Gasteiger partial charge on any atom is 0.0910 e. The van der Waals surface area contributed by atoms with Crippen molar-refractivity contribution in [3.05, 3.63) is 57.6 Å². The van der Waals surface area contributed by atoms with E-state index in [0.29, 0.717) is 5.02 Å². The van der Waals surface area contributed by atoms with Gasteiger partial charge in [0, 0.05) is 32.9 Å². The summed E-state index contributed by atoms with van der Waals surface area (Å²) >= 11 is 6.47. The Bertz CT molecular complexity index is 772. The van der Waals surface area contributed by atoms with Crippen molar-refractivity contribution in [2.24, 2.45) is 4.99 Å². The van der Waals surface area contributed by atoms with Crippen LogP contribution in [-0.4, -0.2) is 31.9 Å². The van der Waals surface area contributed by atoms with E-state index in [2.05, 4.69) is 68.9 Å². The molecule has 0 fully saturated rings. The van der Waals surface area contributed by atoms with Gasteiger partial charge in [0.15, 0.2) is 0 Å². The minimum Gasteiger partial charge on any atom is -0.370 e. The van der Waals surface area contributed by atoms with Crippen LogP contribution in [0.25, 0.3) is 0 Å². The Balaban J connectivity index is 0.00000338. The summed E-state index contributed by atoms with van der Waals surface area (Å²) in [4.78, 5) is 8.76. The maximum atomic E-state index is 6.47. The third kappa shape index (κ3) is 5.65. The fourth-order valence-corrected chi connectivity index (χ4v) is 2.98. The van der Waals surface area contributed by atoms with E-state index in [1.165, 1.54) is 22.3 Å². The predicted octanol–water partition coefficient (Wildman–Crippen LogP) is 5.93. The first-order chi connectivity index (χ1) is 11.8. The molecule has 0 aliphatic carbocycles. The summed E-state index contributed by atoms with van der Waals surface area (Å²) < 4.78 is 0. The third-order valence-corrected chi connectivity index (χ3v) is 4.78. The van der Waals surface area contributed by atoms with Crippen molar-refractivity contribution in [1.29, 1.82) is 0 Å². The molecule has 0 unspecified atom stereocenters. The number of aliphatic imine (C=N–C) groups is 1. The van der Waals surface area contributed by atoms with E-state index >= 15 is 0 Å².